The Morgan fingerprint density at radius 2 is 1.00 bits per heavy atom. The first-order valence-corrected chi connectivity index (χ1v) is 13.8. The lowest BCUT2D eigenvalue weighted by Gasteiger charge is -2.18. The van der Waals surface area contributed by atoms with Gasteiger partial charge >= 0.3 is 0 Å². The van der Waals surface area contributed by atoms with Crippen LogP contribution >= 0.6 is 0 Å². The van der Waals surface area contributed by atoms with E-state index in [1.165, 1.54) is 18.2 Å². The summed E-state index contributed by atoms with van der Waals surface area (Å²) in [5.41, 5.74) is -1.09. The lowest BCUT2D eigenvalue weighted by atomic mass is 9.84. The van der Waals surface area contributed by atoms with Crippen LogP contribution in [0.5, 0.6) is 0 Å². The van der Waals surface area contributed by atoms with E-state index in [0.29, 0.717) is 5.56 Å². The van der Waals surface area contributed by atoms with Crippen LogP contribution in [0, 0.1) is 0 Å². The fourth-order valence-electron chi connectivity index (χ4n) is 5.82. The summed E-state index contributed by atoms with van der Waals surface area (Å²) in [7, 11) is 0. The molecule has 1 aromatic heterocycles. The SMILES string of the molecule is [2H]c1c([2H])c([2H])c(-c2ccc3oc(-c4c([2H])c([2H])c([2H])c5c([2H])c([2H])c([2H])c([2H])c45)c(-c4c5c([2H])c([2H])c([2H])c([2H])c5c(-c5ccccc5)c5c([2H])c([2H])c([2H])c([2H])c45)c3c2)c([2H])c1[2H]. The number of furan rings is 1. The summed E-state index contributed by atoms with van der Waals surface area (Å²) in [6.45, 7) is 0. The number of hydrogen-bond donors (Lipinski definition) is 0. The molecule has 0 amide bonds. The van der Waals surface area contributed by atoms with Gasteiger partial charge in [-0.3, -0.25) is 0 Å². The van der Waals surface area contributed by atoms with Crippen LogP contribution in [0.3, 0.4) is 0 Å². The molecule has 0 bridgehead atoms. The minimum absolute atomic E-state index is 0.00183. The van der Waals surface area contributed by atoms with Crippen molar-refractivity contribution in [2.75, 3.05) is 0 Å². The maximum atomic E-state index is 9.54. The molecular formula is C44H28O. The molecule has 0 radical (unpaired) electrons. The smallest absolute Gasteiger partial charge is 0.143 e. The third-order valence-corrected chi connectivity index (χ3v) is 7.70. The van der Waals surface area contributed by atoms with Crippen molar-refractivity contribution in [3.05, 3.63) is 169 Å². The molecule has 0 N–H and O–H groups in total. The van der Waals surface area contributed by atoms with Gasteiger partial charge in [-0.15, -0.1) is 0 Å². The van der Waals surface area contributed by atoms with E-state index in [9.17, 15) is 6.85 Å². The highest BCUT2D eigenvalue weighted by Gasteiger charge is 2.25. The molecule has 0 aliphatic rings. The third-order valence-electron chi connectivity index (χ3n) is 7.70. The van der Waals surface area contributed by atoms with Crippen LogP contribution in [0.2, 0.25) is 0 Å². The first-order chi connectivity index (χ1) is 30.6. The summed E-state index contributed by atoms with van der Waals surface area (Å²) in [6.07, 6.45) is 0. The summed E-state index contributed by atoms with van der Waals surface area (Å²) in [5.74, 6) is -0.471. The first kappa shape index (κ1) is 12.6. The van der Waals surface area contributed by atoms with Gasteiger partial charge in [0.15, 0.2) is 0 Å². The van der Waals surface area contributed by atoms with Crippen molar-refractivity contribution in [3.63, 3.8) is 0 Å². The van der Waals surface area contributed by atoms with Crippen molar-refractivity contribution in [1.29, 1.82) is 0 Å². The molecule has 8 aromatic carbocycles. The Kier molecular flexibility index (Phi) is 2.90. The van der Waals surface area contributed by atoms with Crippen LogP contribution in [-0.2, 0) is 0 Å². The summed E-state index contributed by atoms with van der Waals surface area (Å²) in [4.78, 5) is 0. The second-order valence-corrected chi connectivity index (χ2v) is 10.1. The average molecular weight is 593 g/mol. The third kappa shape index (κ3) is 4.09. The van der Waals surface area contributed by atoms with Gasteiger partial charge in [-0.25, -0.2) is 0 Å². The standard InChI is InChI=1S/C44H28O/c1-3-14-29(15-4-1)32-26-27-40-39(28-32)43(44(45-40)38-25-13-19-30-16-7-8-20-33(30)38)42-36-23-11-9-21-34(36)41(31-17-5-2-6-18-31)35-22-10-12-24-37(35)42/h1-28H/i1D,3D,4D,7D,8D,9D,10D,11D,12D,13D,14D,15D,16D,19D,20D,21D,22D,23D,24D,25D. The van der Waals surface area contributed by atoms with Crippen LogP contribution in [0.15, 0.2) is 174 Å². The zero-order valence-electron chi connectivity index (χ0n) is 43.0. The molecule has 0 aliphatic heterocycles. The van der Waals surface area contributed by atoms with E-state index >= 15 is 0 Å². The van der Waals surface area contributed by atoms with Gasteiger partial charge in [-0.1, -0.05) is 157 Å². The van der Waals surface area contributed by atoms with Crippen LogP contribution in [-0.4, -0.2) is 0 Å². The molecule has 45 heavy (non-hydrogen) atoms. The van der Waals surface area contributed by atoms with Gasteiger partial charge in [-0.2, -0.15) is 0 Å². The second-order valence-electron chi connectivity index (χ2n) is 10.1. The number of fused-ring (bicyclic) bond motifs is 4. The fraction of sp³-hybridized carbons (Fsp3) is 0. The molecular weight excluding hydrogens is 544 g/mol. The minimum Gasteiger partial charge on any atom is -0.455 e. The lowest BCUT2D eigenvalue weighted by Crippen LogP contribution is -1.92. The van der Waals surface area contributed by atoms with Crippen molar-refractivity contribution in [2.24, 2.45) is 0 Å². The number of hydrogen-bond acceptors (Lipinski definition) is 1. The van der Waals surface area contributed by atoms with Gasteiger partial charge in [-0.05, 0) is 66.7 Å². The molecule has 1 nitrogen and oxygen atoms in total. The van der Waals surface area contributed by atoms with Crippen molar-refractivity contribution in [2.45, 2.75) is 0 Å². The highest BCUT2D eigenvalue weighted by Crippen LogP contribution is 2.50. The maximum Gasteiger partial charge on any atom is 0.143 e. The van der Waals surface area contributed by atoms with E-state index < -0.39 is 143 Å². The van der Waals surface area contributed by atoms with E-state index in [4.69, 9.17) is 25.0 Å². The fourth-order valence-corrected chi connectivity index (χ4v) is 5.82. The molecule has 0 spiro atoms. The Bertz CT molecular complexity index is 3540. The molecule has 9 aromatic rings. The number of rotatable bonds is 4. The van der Waals surface area contributed by atoms with E-state index in [1.54, 1.807) is 30.3 Å². The highest BCUT2D eigenvalue weighted by atomic mass is 16.3. The quantitative estimate of drug-likeness (QED) is 0.185. The molecule has 0 unspecified atom stereocenters. The molecule has 1 heteroatoms. The minimum atomic E-state index is -0.790. The Balaban J connectivity index is 1.65. The van der Waals surface area contributed by atoms with Gasteiger partial charge < -0.3 is 4.42 Å². The van der Waals surface area contributed by atoms with Gasteiger partial charge in [0.05, 0.1) is 27.4 Å². The van der Waals surface area contributed by atoms with Crippen molar-refractivity contribution in [3.8, 4) is 44.7 Å². The Morgan fingerprint density at radius 3 is 1.71 bits per heavy atom. The zero-order valence-corrected chi connectivity index (χ0v) is 23.0. The molecule has 0 atom stereocenters. The summed E-state index contributed by atoms with van der Waals surface area (Å²) in [5, 5.41) is -1.96. The molecule has 1 heterocycles. The summed E-state index contributed by atoms with van der Waals surface area (Å²) in [6, 6.07) is -1.61. The van der Waals surface area contributed by atoms with Gasteiger partial charge in [0.2, 0.25) is 0 Å². The molecule has 0 fully saturated rings. The molecule has 0 saturated heterocycles. The summed E-state index contributed by atoms with van der Waals surface area (Å²) < 4.78 is 185. The van der Waals surface area contributed by atoms with E-state index in [-0.39, 0.29) is 60.3 Å². The normalized spacial score (nSPS) is 17.8. The van der Waals surface area contributed by atoms with Crippen LogP contribution < -0.4 is 0 Å². The largest absolute Gasteiger partial charge is 0.455 e. The van der Waals surface area contributed by atoms with E-state index in [1.807, 2.05) is 0 Å². The van der Waals surface area contributed by atoms with Crippen LogP contribution in [0.1, 0.15) is 27.4 Å². The monoisotopic (exact) mass is 592 g/mol. The van der Waals surface area contributed by atoms with Crippen LogP contribution in [0.4, 0.5) is 0 Å². The molecule has 9 rings (SSSR count). The maximum absolute atomic E-state index is 9.54. The van der Waals surface area contributed by atoms with Gasteiger partial charge in [0.1, 0.15) is 11.3 Å². The Hall–Kier alpha value is -5.92. The summed E-state index contributed by atoms with van der Waals surface area (Å²) >= 11 is 0. The van der Waals surface area contributed by atoms with E-state index in [0.717, 1.165) is 0 Å². The molecule has 210 valence electrons. The Morgan fingerprint density at radius 1 is 0.400 bits per heavy atom. The lowest BCUT2D eigenvalue weighted by molar-refractivity contribution is 0.633. The first-order valence-electron chi connectivity index (χ1n) is 23.8. The van der Waals surface area contributed by atoms with Gasteiger partial charge in [0, 0.05) is 22.1 Å². The predicted octanol–water partition coefficient (Wildman–Crippen LogP) is 12.6. The second kappa shape index (κ2) is 10.4. The number of benzene rings is 8. The Labute approximate surface area is 289 Å². The van der Waals surface area contributed by atoms with Gasteiger partial charge in [0.25, 0.3) is 0 Å². The highest BCUT2D eigenvalue weighted by molar-refractivity contribution is 6.25. The van der Waals surface area contributed by atoms with Crippen molar-refractivity contribution in [1.82, 2.24) is 0 Å². The average Bonchev–Trinajstić information content (AvgIpc) is 3.67. The van der Waals surface area contributed by atoms with E-state index in [2.05, 4.69) is 0 Å². The topological polar surface area (TPSA) is 13.1 Å². The van der Waals surface area contributed by atoms with Crippen molar-refractivity contribution < 1.29 is 31.8 Å². The predicted molar refractivity (Wildman–Crippen MR) is 190 cm³/mol. The molecule has 0 saturated carbocycles. The van der Waals surface area contributed by atoms with Crippen LogP contribution in [0.25, 0.3) is 88.0 Å². The zero-order chi connectivity index (χ0) is 47.1. The van der Waals surface area contributed by atoms with Crippen molar-refractivity contribution >= 4 is 43.3 Å². The molecule has 0 aliphatic carbocycles.